The molecule has 1 N–H and O–H groups in total. The molecule has 0 aromatic heterocycles. The van der Waals surface area contributed by atoms with E-state index in [0.29, 0.717) is 12.0 Å². The van der Waals surface area contributed by atoms with Crippen molar-refractivity contribution in [2.45, 2.75) is 45.8 Å². The van der Waals surface area contributed by atoms with Crippen molar-refractivity contribution in [3.8, 4) is 5.75 Å². The van der Waals surface area contributed by atoms with Crippen LogP contribution in [0.3, 0.4) is 0 Å². The molecule has 1 aromatic carbocycles. The zero-order valence-corrected chi connectivity index (χ0v) is 13.2. The molecular weight excluding hydrogens is 328 g/mol. The molecule has 1 aliphatic rings. The molecule has 2 nitrogen and oxygen atoms in total. The van der Waals surface area contributed by atoms with Gasteiger partial charge in [0.1, 0.15) is 5.75 Å². The van der Waals surface area contributed by atoms with Gasteiger partial charge in [0.2, 0.25) is 0 Å². The van der Waals surface area contributed by atoms with Crippen LogP contribution in [0.25, 0.3) is 0 Å². The molecule has 0 saturated heterocycles. The Morgan fingerprint density at radius 1 is 1.35 bits per heavy atom. The van der Waals surface area contributed by atoms with Crippen molar-refractivity contribution in [2.24, 2.45) is 5.41 Å². The number of hydrogen-bond donors (Lipinski definition) is 1. The number of nitrogens with one attached hydrogen (secondary N) is 1. The van der Waals surface area contributed by atoms with Crippen LogP contribution < -0.4 is 10.1 Å². The largest absolute Gasteiger partial charge is 0.434 e. The van der Waals surface area contributed by atoms with Crippen LogP contribution in [0.4, 0.5) is 8.78 Å². The minimum absolute atomic E-state index is 0.243. The molecule has 5 heteroatoms. The van der Waals surface area contributed by atoms with E-state index in [1.54, 1.807) is 12.1 Å². The van der Waals surface area contributed by atoms with Crippen molar-refractivity contribution >= 4 is 15.9 Å². The summed E-state index contributed by atoms with van der Waals surface area (Å²) in [5.41, 5.74) is 1.09. The summed E-state index contributed by atoms with van der Waals surface area (Å²) in [5, 5.41) is 3.38. The highest BCUT2D eigenvalue weighted by molar-refractivity contribution is 9.10. The second kappa shape index (κ2) is 6.85. The van der Waals surface area contributed by atoms with E-state index in [2.05, 4.69) is 32.9 Å². The molecule has 0 atom stereocenters. The fourth-order valence-corrected chi connectivity index (χ4v) is 3.21. The maximum atomic E-state index is 12.4. The monoisotopic (exact) mass is 347 g/mol. The first-order valence-electron chi connectivity index (χ1n) is 6.92. The molecule has 0 radical (unpaired) electrons. The minimum Gasteiger partial charge on any atom is -0.434 e. The van der Waals surface area contributed by atoms with Crippen molar-refractivity contribution < 1.29 is 13.5 Å². The number of halogens is 3. The van der Waals surface area contributed by atoms with Crippen LogP contribution in [-0.2, 0) is 6.54 Å². The maximum Gasteiger partial charge on any atom is 0.387 e. The Morgan fingerprint density at radius 3 is 2.70 bits per heavy atom. The highest BCUT2D eigenvalue weighted by atomic mass is 79.9. The molecule has 0 bridgehead atoms. The first kappa shape index (κ1) is 15.7. The van der Waals surface area contributed by atoms with E-state index < -0.39 is 6.61 Å². The van der Waals surface area contributed by atoms with Crippen molar-refractivity contribution in [1.29, 1.82) is 0 Å². The smallest absolute Gasteiger partial charge is 0.387 e. The van der Waals surface area contributed by atoms with Gasteiger partial charge in [-0.15, -0.1) is 0 Å². The number of ether oxygens (including phenoxy) is 1. The van der Waals surface area contributed by atoms with Gasteiger partial charge in [-0.05, 0) is 36.5 Å². The maximum absolute atomic E-state index is 12.4. The normalized spacial score (nSPS) is 17.6. The van der Waals surface area contributed by atoms with E-state index in [0.717, 1.165) is 16.6 Å². The van der Waals surface area contributed by atoms with Crippen LogP contribution in [0.5, 0.6) is 5.75 Å². The first-order chi connectivity index (χ1) is 9.48. The molecule has 0 heterocycles. The van der Waals surface area contributed by atoms with Gasteiger partial charge in [-0.2, -0.15) is 8.78 Å². The SMILES string of the molecule is CC1(CNCc2cc(Br)ccc2OC(F)F)CCCC1. The van der Waals surface area contributed by atoms with E-state index >= 15 is 0 Å². The third-order valence-corrected chi connectivity index (χ3v) is 4.41. The van der Waals surface area contributed by atoms with Crippen molar-refractivity contribution in [3.05, 3.63) is 28.2 Å². The van der Waals surface area contributed by atoms with Crippen molar-refractivity contribution in [3.63, 3.8) is 0 Å². The molecule has 1 aliphatic carbocycles. The van der Waals surface area contributed by atoms with E-state index in [4.69, 9.17) is 0 Å². The summed E-state index contributed by atoms with van der Waals surface area (Å²) in [4.78, 5) is 0. The average molecular weight is 348 g/mol. The molecule has 112 valence electrons. The molecule has 1 fully saturated rings. The first-order valence-corrected chi connectivity index (χ1v) is 7.72. The summed E-state index contributed by atoms with van der Waals surface area (Å²) in [7, 11) is 0. The van der Waals surface area contributed by atoms with Gasteiger partial charge in [-0.25, -0.2) is 0 Å². The summed E-state index contributed by atoms with van der Waals surface area (Å²) >= 11 is 3.36. The van der Waals surface area contributed by atoms with Crippen molar-refractivity contribution in [2.75, 3.05) is 6.54 Å². The Balaban J connectivity index is 1.95. The summed E-state index contributed by atoms with van der Waals surface area (Å²) in [6, 6.07) is 5.10. The predicted molar refractivity (Wildman–Crippen MR) is 79.1 cm³/mol. The number of benzene rings is 1. The summed E-state index contributed by atoms with van der Waals surface area (Å²) in [6.45, 7) is 0.942. The predicted octanol–water partition coefficient (Wildman–Crippen LogP) is 4.72. The third kappa shape index (κ3) is 4.42. The van der Waals surface area contributed by atoms with E-state index in [-0.39, 0.29) is 5.75 Å². The third-order valence-electron chi connectivity index (χ3n) is 3.92. The van der Waals surface area contributed by atoms with Crippen LogP contribution in [-0.4, -0.2) is 13.2 Å². The lowest BCUT2D eigenvalue weighted by Gasteiger charge is -2.24. The Hall–Kier alpha value is -0.680. The average Bonchev–Trinajstić information content (AvgIpc) is 2.79. The fourth-order valence-electron chi connectivity index (χ4n) is 2.80. The van der Waals surface area contributed by atoms with Crippen LogP contribution >= 0.6 is 15.9 Å². The topological polar surface area (TPSA) is 21.3 Å². The minimum atomic E-state index is -2.79. The summed E-state index contributed by atoms with van der Waals surface area (Å²) < 4.78 is 30.2. The number of hydrogen-bond acceptors (Lipinski definition) is 2. The van der Waals surface area contributed by atoms with Gasteiger partial charge < -0.3 is 10.1 Å². The molecule has 0 amide bonds. The van der Waals surface area contributed by atoms with Crippen LogP contribution in [0.2, 0.25) is 0 Å². The Bertz CT molecular complexity index is 447. The number of rotatable bonds is 6. The molecule has 0 unspecified atom stereocenters. The second-order valence-electron chi connectivity index (χ2n) is 5.75. The Kier molecular flexibility index (Phi) is 5.38. The van der Waals surface area contributed by atoms with Gasteiger partial charge in [-0.1, -0.05) is 35.7 Å². The molecule has 1 saturated carbocycles. The second-order valence-corrected chi connectivity index (χ2v) is 6.67. The van der Waals surface area contributed by atoms with Crippen LogP contribution in [0.15, 0.2) is 22.7 Å². The molecule has 1 aromatic rings. The van der Waals surface area contributed by atoms with E-state index in [9.17, 15) is 8.78 Å². The molecular formula is C15H20BrF2NO. The van der Waals surface area contributed by atoms with Gasteiger partial charge >= 0.3 is 6.61 Å². The lowest BCUT2D eigenvalue weighted by molar-refractivity contribution is -0.0505. The van der Waals surface area contributed by atoms with Gasteiger partial charge in [0.15, 0.2) is 0 Å². The molecule has 2 rings (SSSR count). The highest BCUT2D eigenvalue weighted by Gasteiger charge is 2.27. The molecule has 0 spiro atoms. The van der Waals surface area contributed by atoms with Gasteiger partial charge in [0.25, 0.3) is 0 Å². The quantitative estimate of drug-likeness (QED) is 0.803. The summed E-state index contributed by atoms with van der Waals surface area (Å²) in [5.74, 6) is 0.243. The lowest BCUT2D eigenvalue weighted by atomic mass is 9.89. The van der Waals surface area contributed by atoms with Gasteiger partial charge in [-0.3, -0.25) is 0 Å². The zero-order valence-electron chi connectivity index (χ0n) is 11.6. The Morgan fingerprint density at radius 2 is 2.05 bits per heavy atom. The zero-order chi connectivity index (χ0) is 14.6. The fraction of sp³-hybridized carbons (Fsp3) is 0.600. The lowest BCUT2D eigenvalue weighted by Crippen LogP contribution is -2.29. The number of alkyl halides is 2. The van der Waals surface area contributed by atoms with Crippen LogP contribution in [0.1, 0.15) is 38.2 Å². The summed E-state index contributed by atoms with van der Waals surface area (Å²) in [6.07, 6.45) is 5.04. The van der Waals surface area contributed by atoms with E-state index in [1.165, 1.54) is 25.7 Å². The van der Waals surface area contributed by atoms with Gasteiger partial charge in [0.05, 0.1) is 0 Å². The van der Waals surface area contributed by atoms with Crippen molar-refractivity contribution in [1.82, 2.24) is 5.32 Å². The molecule has 0 aliphatic heterocycles. The van der Waals surface area contributed by atoms with Gasteiger partial charge in [0, 0.05) is 23.1 Å². The highest BCUT2D eigenvalue weighted by Crippen LogP contribution is 2.36. The Labute approximate surface area is 127 Å². The molecule has 20 heavy (non-hydrogen) atoms. The van der Waals surface area contributed by atoms with Crippen LogP contribution in [0, 0.1) is 5.41 Å². The standard InChI is InChI=1S/C15H20BrF2NO/c1-15(6-2-3-7-15)10-19-9-11-8-12(16)4-5-13(11)20-14(17)18/h4-5,8,14,19H,2-3,6-7,9-10H2,1H3. The van der Waals surface area contributed by atoms with E-state index in [1.807, 2.05) is 6.07 Å².